The molecule has 0 saturated carbocycles. The van der Waals surface area contributed by atoms with Gasteiger partial charge in [0.15, 0.2) is 0 Å². The number of carbonyl (C=O) groups is 1. The lowest BCUT2D eigenvalue weighted by molar-refractivity contribution is -0.384. The Morgan fingerprint density at radius 1 is 1.00 bits per heavy atom. The molecule has 178 valence electrons. The molecule has 8 heteroatoms. The Morgan fingerprint density at radius 2 is 1.78 bits per heavy atom. The van der Waals surface area contributed by atoms with E-state index in [-0.39, 0.29) is 11.3 Å². The van der Waals surface area contributed by atoms with Gasteiger partial charge in [-0.2, -0.15) is 0 Å². The van der Waals surface area contributed by atoms with E-state index in [1.165, 1.54) is 24.3 Å². The van der Waals surface area contributed by atoms with Crippen LogP contribution >= 0.6 is 0 Å². The molecule has 1 N–H and O–H groups in total. The maximum absolute atomic E-state index is 12.9. The van der Waals surface area contributed by atoms with Gasteiger partial charge in [0.2, 0.25) is 0 Å². The number of aromatic nitrogens is 2. The molecular weight excluding hydrogens is 456 g/mol. The van der Waals surface area contributed by atoms with Crippen molar-refractivity contribution in [2.24, 2.45) is 0 Å². The van der Waals surface area contributed by atoms with Crippen LogP contribution in [-0.2, 0) is 6.54 Å². The zero-order valence-electron chi connectivity index (χ0n) is 19.4. The quantitative estimate of drug-likeness (QED) is 0.132. The van der Waals surface area contributed by atoms with E-state index in [0.29, 0.717) is 23.6 Å². The Balaban J connectivity index is 1.55. The number of hydrogen-bond donors (Lipinski definition) is 1. The second kappa shape index (κ2) is 9.71. The maximum atomic E-state index is 12.9. The predicted molar refractivity (Wildman–Crippen MR) is 137 cm³/mol. The van der Waals surface area contributed by atoms with Gasteiger partial charge in [-0.25, -0.2) is 9.78 Å². The normalized spacial score (nSPS) is 10.8. The van der Waals surface area contributed by atoms with Crippen molar-refractivity contribution < 1.29 is 14.5 Å². The minimum absolute atomic E-state index is 0.0901. The fourth-order valence-electron chi connectivity index (χ4n) is 4.00. The summed E-state index contributed by atoms with van der Waals surface area (Å²) in [5.41, 5.74) is 4.04. The van der Waals surface area contributed by atoms with Gasteiger partial charge in [0.1, 0.15) is 22.9 Å². The maximum Gasteiger partial charge on any atom is 0.343 e. The standard InChI is InChI=1S/C28H22N4O4/c1-19-9-8-16-31-26(19)30-25(27(31)29-18-20-10-3-2-4-11-20)23-14-5-6-15-24(23)36-28(33)21-12-7-13-22(17-21)32(34)35/h2-17,29H,18H2,1H3. The first-order valence-electron chi connectivity index (χ1n) is 11.3. The molecule has 8 nitrogen and oxygen atoms in total. The van der Waals surface area contributed by atoms with Gasteiger partial charge < -0.3 is 10.1 Å². The summed E-state index contributed by atoms with van der Waals surface area (Å²) in [6.07, 6.45) is 1.93. The summed E-state index contributed by atoms with van der Waals surface area (Å²) >= 11 is 0. The minimum Gasteiger partial charge on any atom is -0.422 e. The van der Waals surface area contributed by atoms with E-state index in [9.17, 15) is 14.9 Å². The van der Waals surface area contributed by atoms with Crippen LogP contribution in [0.2, 0.25) is 0 Å². The number of imidazole rings is 1. The minimum atomic E-state index is -0.690. The topological polar surface area (TPSA) is 98.8 Å². The smallest absolute Gasteiger partial charge is 0.343 e. The second-order valence-corrected chi connectivity index (χ2v) is 8.23. The predicted octanol–water partition coefficient (Wildman–Crippen LogP) is 6.05. The number of anilines is 1. The fourth-order valence-corrected chi connectivity index (χ4v) is 4.00. The Morgan fingerprint density at radius 3 is 2.58 bits per heavy atom. The molecule has 3 aromatic carbocycles. The number of nitrogens with zero attached hydrogens (tertiary/aromatic N) is 3. The first-order valence-corrected chi connectivity index (χ1v) is 11.3. The molecule has 5 rings (SSSR count). The first kappa shape index (κ1) is 22.8. The number of fused-ring (bicyclic) bond motifs is 1. The van der Waals surface area contributed by atoms with Crippen LogP contribution in [0.1, 0.15) is 21.5 Å². The number of benzene rings is 3. The number of nitrogens with one attached hydrogen (secondary N) is 1. The lowest BCUT2D eigenvalue weighted by Gasteiger charge is -2.12. The first-order chi connectivity index (χ1) is 17.5. The van der Waals surface area contributed by atoms with Gasteiger partial charge in [-0.15, -0.1) is 0 Å². The number of nitro groups is 1. The highest BCUT2D eigenvalue weighted by Crippen LogP contribution is 2.36. The van der Waals surface area contributed by atoms with Crippen molar-refractivity contribution in [1.29, 1.82) is 0 Å². The molecule has 0 radical (unpaired) electrons. The zero-order chi connectivity index (χ0) is 25.1. The number of carbonyl (C=O) groups excluding carboxylic acids is 1. The Bertz CT molecular complexity index is 1580. The lowest BCUT2D eigenvalue weighted by atomic mass is 10.1. The molecule has 5 aromatic rings. The number of non-ortho nitro benzene ring substituents is 1. The van der Waals surface area contributed by atoms with Crippen LogP contribution in [0.15, 0.2) is 97.2 Å². The van der Waals surface area contributed by atoms with Crippen LogP contribution in [0.4, 0.5) is 11.5 Å². The molecule has 2 heterocycles. The molecule has 36 heavy (non-hydrogen) atoms. The van der Waals surface area contributed by atoms with Gasteiger partial charge in [-0.05, 0) is 42.3 Å². The summed E-state index contributed by atoms with van der Waals surface area (Å²) in [5, 5.41) is 14.6. The highest BCUT2D eigenvalue weighted by molar-refractivity contribution is 5.93. The van der Waals surface area contributed by atoms with E-state index >= 15 is 0 Å². The van der Waals surface area contributed by atoms with Gasteiger partial charge in [0, 0.05) is 30.4 Å². The van der Waals surface area contributed by atoms with E-state index in [1.807, 2.05) is 72.1 Å². The number of nitro benzene ring substituents is 1. The fraction of sp³-hybridized carbons (Fsp3) is 0.0714. The molecule has 0 aliphatic rings. The van der Waals surface area contributed by atoms with Gasteiger partial charge in [-0.3, -0.25) is 14.5 Å². The molecule has 0 bridgehead atoms. The summed E-state index contributed by atoms with van der Waals surface area (Å²) in [4.78, 5) is 28.4. The molecule has 0 amide bonds. The van der Waals surface area contributed by atoms with Crippen LogP contribution in [0.25, 0.3) is 16.9 Å². The number of pyridine rings is 1. The Labute approximate surface area is 207 Å². The van der Waals surface area contributed by atoms with Crippen LogP contribution in [0, 0.1) is 17.0 Å². The van der Waals surface area contributed by atoms with Crippen molar-refractivity contribution in [3.8, 4) is 17.0 Å². The lowest BCUT2D eigenvalue weighted by Crippen LogP contribution is -2.10. The summed E-state index contributed by atoms with van der Waals surface area (Å²) < 4.78 is 7.71. The highest BCUT2D eigenvalue weighted by Gasteiger charge is 2.21. The molecular formula is C28H22N4O4. The average Bonchev–Trinajstić information content (AvgIpc) is 3.28. The average molecular weight is 479 g/mol. The van der Waals surface area contributed by atoms with Crippen molar-refractivity contribution in [3.63, 3.8) is 0 Å². The van der Waals surface area contributed by atoms with Crippen molar-refractivity contribution in [2.75, 3.05) is 5.32 Å². The van der Waals surface area contributed by atoms with E-state index in [2.05, 4.69) is 5.32 Å². The van der Waals surface area contributed by atoms with Gasteiger partial charge in [-0.1, -0.05) is 54.6 Å². The summed E-state index contributed by atoms with van der Waals surface area (Å²) in [7, 11) is 0. The SMILES string of the molecule is Cc1cccn2c(NCc3ccccc3)c(-c3ccccc3OC(=O)c3cccc([N+](=O)[O-])c3)nc12. The van der Waals surface area contributed by atoms with Crippen LogP contribution in [-0.4, -0.2) is 20.3 Å². The Hall–Kier alpha value is -4.98. The molecule has 0 aliphatic carbocycles. The monoisotopic (exact) mass is 478 g/mol. The summed E-state index contributed by atoms with van der Waals surface area (Å²) in [6, 6.07) is 26.6. The van der Waals surface area contributed by atoms with Gasteiger partial charge in [0.05, 0.1) is 10.5 Å². The van der Waals surface area contributed by atoms with E-state index in [1.54, 1.807) is 12.1 Å². The largest absolute Gasteiger partial charge is 0.422 e. The summed E-state index contributed by atoms with van der Waals surface area (Å²) in [6.45, 7) is 2.56. The van der Waals surface area contributed by atoms with E-state index < -0.39 is 10.9 Å². The molecule has 0 spiro atoms. The molecule has 0 aliphatic heterocycles. The molecule has 0 fully saturated rings. The zero-order valence-corrected chi connectivity index (χ0v) is 19.4. The number of aryl methyl sites for hydroxylation is 1. The van der Waals surface area contributed by atoms with Crippen molar-refractivity contribution in [1.82, 2.24) is 9.38 Å². The van der Waals surface area contributed by atoms with Crippen molar-refractivity contribution in [3.05, 3.63) is 124 Å². The number of ether oxygens (including phenoxy) is 1. The van der Waals surface area contributed by atoms with Gasteiger partial charge >= 0.3 is 5.97 Å². The molecule has 2 aromatic heterocycles. The van der Waals surface area contributed by atoms with E-state index in [4.69, 9.17) is 9.72 Å². The molecule has 0 unspecified atom stereocenters. The van der Waals surface area contributed by atoms with E-state index in [0.717, 1.165) is 22.6 Å². The third-order valence-corrected chi connectivity index (χ3v) is 5.79. The van der Waals surface area contributed by atoms with Crippen LogP contribution in [0.3, 0.4) is 0 Å². The van der Waals surface area contributed by atoms with Gasteiger partial charge in [0.25, 0.3) is 5.69 Å². The third kappa shape index (κ3) is 4.52. The molecule has 0 atom stereocenters. The highest BCUT2D eigenvalue weighted by atomic mass is 16.6. The number of hydrogen-bond acceptors (Lipinski definition) is 6. The number of para-hydroxylation sites is 1. The Kier molecular flexibility index (Phi) is 6.15. The third-order valence-electron chi connectivity index (χ3n) is 5.79. The van der Waals surface area contributed by atoms with Crippen LogP contribution in [0.5, 0.6) is 5.75 Å². The van der Waals surface area contributed by atoms with Crippen molar-refractivity contribution >= 4 is 23.1 Å². The van der Waals surface area contributed by atoms with Crippen molar-refractivity contribution in [2.45, 2.75) is 13.5 Å². The number of esters is 1. The summed E-state index contributed by atoms with van der Waals surface area (Å²) in [5.74, 6) is 0.374. The second-order valence-electron chi connectivity index (χ2n) is 8.23. The van der Waals surface area contributed by atoms with Crippen LogP contribution < -0.4 is 10.1 Å². The number of rotatable bonds is 7. The molecule has 0 saturated heterocycles.